The van der Waals surface area contributed by atoms with Gasteiger partial charge in [-0.2, -0.15) is 0 Å². The minimum Gasteiger partial charge on any atom is -0.391 e. The molecule has 1 aliphatic heterocycles. The molecule has 13 heavy (non-hydrogen) atoms. The van der Waals surface area contributed by atoms with Crippen molar-refractivity contribution in [3.63, 3.8) is 0 Å². The normalized spacial score (nSPS) is 47.3. The van der Waals surface area contributed by atoms with Crippen LogP contribution < -0.4 is 5.73 Å². The molecule has 1 saturated carbocycles. The van der Waals surface area contributed by atoms with Crippen LogP contribution in [0.3, 0.4) is 0 Å². The number of likely N-dealkylation sites (tertiary alicyclic amines) is 1. The van der Waals surface area contributed by atoms with Crippen LogP contribution in [0.5, 0.6) is 0 Å². The predicted octanol–water partition coefficient (Wildman–Crippen LogP) is -1.10. The molecule has 0 spiro atoms. The van der Waals surface area contributed by atoms with Gasteiger partial charge in [-0.15, -0.1) is 0 Å². The summed E-state index contributed by atoms with van der Waals surface area (Å²) in [6.45, 7) is 1.98. The van der Waals surface area contributed by atoms with E-state index in [-0.39, 0.29) is 12.1 Å². The van der Waals surface area contributed by atoms with Crippen LogP contribution in [0.15, 0.2) is 0 Å². The number of nitrogens with two attached hydrogens (primary N) is 1. The van der Waals surface area contributed by atoms with Crippen molar-refractivity contribution in [3.05, 3.63) is 0 Å². The topological polar surface area (TPSA) is 69.7 Å². The highest BCUT2D eigenvalue weighted by Crippen LogP contribution is 2.26. The summed E-state index contributed by atoms with van der Waals surface area (Å²) in [6, 6.07) is -0.363. The minimum absolute atomic E-state index is 0.113. The smallest absolute Gasteiger partial charge is 0.0872 e. The van der Waals surface area contributed by atoms with E-state index in [0.717, 1.165) is 13.1 Å². The Morgan fingerprint density at radius 3 is 2.23 bits per heavy atom. The zero-order valence-corrected chi connectivity index (χ0v) is 7.76. The van der Waals surface area contributed by atoms with Crippen LogP contribution in [0, 0.1) is 0 Å². The van der Waals surface area contributed by atoms with Crippen molar-refractivity contribution in [2.24, 2.45) is 5.73 Å². The summed E-state index contributed by atoms with van der Waals surface area (Å²) in [7, 11) is 0. The number of nitrogens with zero attached hydrogens (tertiary/aromatic N) is 1. The molecule has 1 heterocycles. The van der Waals surface area contributed by atoms with Crippen molar-refractivity contribution in [2.75, 3.05) is 13.1 Å². The lowest BCUT2D eigenvalue weighted by Gasteiger charge is -2.29. The van der Waals surface area contributed by atoms with E-state index in [9.17, 15) is 10.2 Å². The molecule has 2 rings (SSSR count). The van der Waals surface area contributed by atoms with Gasteiger partial charge in [-0.1, -0.05) is 0 Å². The summed E-state index contributed by atoms with van der Waals surface area (Å²) in [6.07, 6.45) is 1.88. The molecular weight excluding hydrogens is 168 g/mol. The maximum Gasteiger partial charge on any atom is 0.0872 e. The number of aliphatic hydroxyl groups is 2. The van der Waals surface area contributed by atoms with Gasteiger partial charge in [-0.05, 0) is 32.4 Å². The molecule has 4 N–H and O–H groups in total. The molecule has 0 aromatic heterocycles. The van der Waals surface area contributed by atoms with Gasteiger partial charge in [0.15, 0.2) is 0 Å². The Bertz CT molecular complexity index is 182. The van der Waals surface area contributed by atoms with Crippen LogP contribution >= 0.6 is 0 Å². The Morgan fingerprint density at radius 1 is 1.15 bits per heavy atom. The van der Waals surface area contributed by atoms with E-state index in [0.29, 0.717) is 6.42 Å². The van der Waals surface area contributed by atoms with Gasteiger partial charge >= 0.3 is 0 Å². The van der Waals surface area contributed by atoms with E-state index < -0.39 is 12.2 Å². The van der Waals surface area contributed by atoms with Crippen molar-refractivity contribution in [3.8, 4) is 0 Å². The molecule has 0 bridgehead atoms. The van der Waals surface area contributed by atoms with E-state index in [1.807, 2.05) is 0 Å². The maximum absolute atomic E-state index is 9.76. The van der Waals surface area contributed by atoms with Crippen LogP contribution in [0.25, 0.3) is 0 Å². The average molecular weight is 186 g/mol. The summed E-state index contributed by atoms with van der Waals surface area (Å²) >= 11 is 0. The first-order valence-corrected chi connectivity index (χ1v) is 5.06. The molecule has 2 aliphatic rings. The number of hydrogen-bond acceptors (Lipinski definition) is 4. The van der Waals surface area contributed by atoms with Gasteiger partial charge in [0.2, 0.25) is 0 Å². The Labute approximate surface area is 78.3 Å². The van der Waals surface area contributed by atoms with Gasteiger partial charge in [0.25, 0.3) is 0 Å². The van der Waals surface area contributed by atoms with Crippen molar-refractivity contribution < 1.29 is 10.2 Å². The van der Waals surface area contributed by atoms with Crippen LogP contribution in [-0.4, -0.2) is 52.5 Å². The fourth-order valence-electron chi connectivity index (χ4n) is 2.54. The van der Waals surface area contributed by atoms with E-state index in [4.69, 9.17) is 5.73 Å². The van der Waals surface area contributed by atoms with Crippen molar-refractivity contribution >= 4 is 0 Å². The summed E-state index contributed by atoms with van der Waals surface area (Å²) < 4.78 is 0. The van der Waals surface area contributed by atoms with E-state index in [1.54, 1.807) is 0 Å². The fraction of sp³-hybridized carbons (Fsp3) is 1.00. The van der Waals surface area contributed by atoms with Crippen LogP contribution in [0.2, 0.25) is 0 Å². The highest BCUT2D eigenvalue weighted by Gasteiger charge is 2.43. The zero-order chi connectivity index (χ0) is 9.42. The van der Waals surface area contributed by atoms with Gasteiger partial charge in [0.1, 0.15) is 0 Å². The molecule has 0 aromatic rings. The molecule has 0 amide bonds. The third kappa shape index (κ3) is 1.59. The lowest BCUT2D eigenvalue weighted by molar-refractivity contribution is 0.0214. The van der Waals surface area contributed by atoms with E-state index in [2.05, 4.69) is 4.90 Å². The highest BCUT2D eigenvalue weighted by molar-refractivity contribution is 5.00. The van der Waals surface area contributed by atoms with Gasteiger partial charge in [-0.3, -0.25) is 4.90 Å². The lowest BCUT2D eigenvalue weighted by Crippen LogP contribution is -2.47. The number of hydrogen-bond donors (Lipinski definition) is 3. The number of aliphatic hydroxyl groups excluding tert-OH is 2. The molecule has 4 nitrogen and oxygen atoms in total. The first kappa shape index (κ1) is 9.40. The Morgan fingerprint density at radius 2 is 1.77 bits per heavy atom. The predicted molar refractivity (Wildman–Crippen MR) is 49.2 cm³/mol. The van der Waals surface area contributed by atoms with Crippen LogP contribution in [0.4, 0.5) is 0 Å². The molecular formula is C9H18N2O2. The quantitative estimate of drug-likeness (QED) is 0.486. The average Bonchev–Trinajstić information content (AvgIpc) is 2.63. The third-order valence-corrected chi connectivity index (χ3v) is 3.26. The molecule has 4 atom stereocenters. The van der Waals surface area contributed by atoms with Crippen molar-refractivity contribution in [1.29, 1.82) is 0 Å². The molecule has 0 radical (unpaired) electrons. The summed E-state index contributed by atoms with van der Waals surface area (Å²) in [5.41, 5.74) is 5.69. The Kier molecular flexibility index (Phi) is 2.55. The molecule has 1 saturated heterocycles. The fourth-order valence-corrected chi connectivity index (χ4v) is 2.54. The second-order valence-corrected chi connectivity index (χ2v) is 4.19. The molecule has 0 unspecified atom stereocenters. The van der Waals surface area contributed by atoms with Crippen molar-refractivity contribution in [2.45, 2.75) is 43.6 Å². The monoisotopic (exact) mass is 186 g/mol. The van der Waals surface area contributed by atoms with E-state index >= 15 is 0 Å². The standard InChI is InChI=1S/C9H18N2O2/c10-6-5-7(12)8(9(6)13)11-3-1-2-4-11/h6-9,12-13H,1-5,10H2/t6-,7+,8-,9-/m1/s1. The minimum atomic E-state index is -0.548. The van der Waals surface area contributed by atoms with Gasteiger partial charge in [0, 0.05) is 6.04 Å². The second-order valence-electron chi connectivity index (χ2n) is 4.19. The van der Waals surface area contributed by atoms with Crippen molar-refractivity contribution in [1.82, 2.24) is 4.90 Å². The zero-order valence-electron chi connectivity index (χ0n) is 7.76. The molecule has 76 valence electrons. The SMILES string of the molecule is N[C@@H]1C[C@H](O)[C@@H](N2CCCC2)[C@@H]1O. The lowest BCUT2D eigenvalue weighted by atomic mass is 10.1. The molecule has 2 fully saturated rings. The first-order chi connectivity index (χ1) is 6.20. The largest absolute Gasteiger partial charge is 0.391 e. The molecule has 1 aliphatic carbocycles. The van der Waals surface area contributed by atoms with Crippen LogP contribution in [-0.2, 0) is 0 Å². The van der Waals surface area contributed by atoms with Gasteiger partial charge in [-0.25, -0.2) is 0 Å². The first-order valence-electron chi connectivity index (χ1n) is 5.06. The maximum atomic E-state index is 9.76. The third-order valence-electron chi connectivity index (χ3n) is 3.26. The Balaban J connectivity index is 2.04. The van der Waals surface area contributed by atoms with Crippen LogP contribution in [0.1, 0.15) is 19.3 Å². The molecule has 4 heteroatoms. The summed E-state index contributed by atoms with van der Waals surface area (Å²) in [4.78, 5) is 2.17. The highest BCUT2D eigenvalue weighted by atomic mass is 16.3. The van der Waals surface area contributed by atoms with Gasteiger partial charge in [0.05, 0.1) is 18.2 Å². The summed E-state index contributed by atoms with van der Waals surface area (Å²) in [5, 5.41) is 19.5. The summed E-state index contributed by atoms with van der Waals surface area (Å²) in [5.74, 6) is 0. The molecule has 0 aromatic carbocycles. The van der Waals surface area contributed by atoms with E-state index in [1.165, 1.54) is 12.8 Å². The Hall–Kier alpha value is -0.160. The van der Waals surface area contributed by atoms with Gasteiger partial charge < -0.3 is 15.9 Å². The number of rotatable bonds is 1. The second kappa shape index (κ2) is 3.53.